The van der Waals surface area contributed by atoms with E-state index in [9.17, 15) is 13.6 Å². The average Bonchev–Trinajstić information content (AvgIpc) is 2.31. The van der Waals surface area contributed by atoms with Crippen molar-refractivity contribution in [2.75, 3.05) is 5.32 Å². The van der Waals surface area contributed by atoms with Crippen molar-refractivity contribution < 1.29 is 13.6 Å². The first-order valence-electron chi connectivity index (χ1n) is 5.02. The predicted molar refractivity (Wildman–Crippen MR) is 79.4 cm³/mol. The van der Waals surface area contributed by atoms with E-state index in [0.29, 0.717) is 4.60 Å². The van der Waals surface area contributed by atoms with Gasteiger partial charge in [-0.2, -0.15) is 0 Å². The summed E-state index contributed by atoms with van der Waals surface area (Å²) in [6, 6.07) is 2.00. The van der Waals surface area contributed by atoms with E-state index in [1.165, 1.54) is 6.20 Å². The molecule has 4 nitrogen and oxygen atoms in total. The van der Waals surface area contributed by atoms with E-state index in [0.717, 1.165) is 12.1 Å². The molecular formula is C11H4Br3F2N3O. The number of benzene rings is 1. The van der Waals surface area contributed by atoms with E-state index >= 15 is 0 Å². The Bertz CT molecular complexity index is 674. The van der Waals surface area contributed by atoms with Crippen LogP contribution in [-0.2, 0) is 0 Å². The molecule has 2 aromatic rings. The number of rotatable bonds is 2. The normalized spacial score (nSPS) is 10.4. The van der Waals surface area contributed by atoms with Crippen LogP contribution >= 0.6 is 47.8 Å². The van der Waals surface area contributed by atoms with Crippen molar-refractivity contribution in [3.05, 3.63) is 49.2 Å². The van der Waals surface area contributed by atoms with Crippen molar-refractivity contribution in [3.8, 4) is 0 Å². The molecule has 2 rings (SSSR count). The molecule has 0 unspecified atom stereocenters. The topological polar surface area (TPSA) is 54.9 Å². The molecule has 1 aromatic heterocycles. The number of hydrogen-bond acceptors (Lipinski definition) is 3. The van der Waals surface area contributed by atoms with Crippen LogP contribution in [0.25, 0.3) is 0 Å². The van der Waals surface area contributed by atoms with Crippen LogP contribution in [0.1, 0.15) is 10.4 Å². The lowest BCUT2D eigenvalue weighted by Crippen LogP contribution is -2.17. The van der Waals surface area contributed by atoms with Crippen molar-refractivity contribution in [3.63, 3.8) is 0 Å². The highest BCUT2D eigenvalue weighted by atomic mass is 79.9. The molecule has 0 atom stereocenters. The highest BCUT2D eigenvalue weighted by Crippen LogP contribution is 2.23. The third-order valence-electron chi connectivity index (χ3n) is 2.17. The van der Waals surface area contributed by atoms with Gasteiger partial charge >= 0.3 is 0 Å². The Kier molecular flexibility index (Phi) is 4.82. The Labute approximate surface area is 137 Å². The average molecular weight is 472 g/mol. The summed E-state index contributed by atoms with van der Waals surface area (Å²) in [6.07, 6.45) is 1.34. The van der Waals surface area contributed by atoms with Gasteiger partial charge in [-0.3, -0.25) is 4.79 Å². The molecule has 0 fully saturated rings. The van der Waals surface area contributed by atoms with Crippen LogP contribution in [0.15, 0.2) is 32.0 Å². The van der Waals surface area contributed by atoms with Crippen molar-refractivity contribution >= 4 is 59.5 Å². The first kappa shape index (κ1) is 15.5. The minimum absolute atomic E-state index is 0.0555. The monoisotopic (exact) mass is 469 g/mol. The Hall–Kier alpha value is -0.930. The summed E-state index contributed by atoms with van der Waals surface area (Å²) in [7, 11) is 0. The molecular weight excluding hydrogens is 468 g/mol. The van der Waals surface area contributed by atoms with E-state index in [2.05, 4.69) is 63.1 Å². The molecule has 1 N–H and O–H groups in total. The summed E-state index contributed by atoms with van der Waals surface area (Å²) in [5, 5.41) is 2.28. The van der Waals surface area contributed by atoms with Crippen molar-refractivity contribution in [2.45, 2.75) is 0 Å². The van der Waals surface area contributed by atoms with Gasteiger partial charge in [-0.25, -0.2) is 18.7 Å². The number of nitrogens with zero attached hydrogens (tertiary/aromatic N) is 2. The van der Waals surface area contributed by atoms with Gasteiger partial charge in [0.1, 0.15) is 26.4 Å². The molecule has 0 spiro atoms. The van der Waals surface area contributed by atoms with Gasteiger partial charge in [0.2, 0.25) is 0 Å². The lowest BCUT2D eigenvalue weighted by molar-refractivity contribution is 0.101. The van der Waals surface area contributed by atoms with Crippen molar-refractivity contribution in [1.82, 2.24) is 9.97 Å². The second-order valence-electron chi connectivity index (χ2n) is 3.53. The third-order valence-corrected chi connectivity index (χ3v) is 3.56. The Morgan fingerprint density at radius 2 is 1.75 bits per heavy atom. The lowest BCUT2D eigenvalue weighted by Gasteiger charge is -2.08. The molecule has 0 saturated carbocycles. The first-order valence-corrected chi connectivity index (χ1v) is 7.40. The molecule has 0 bridgehead atoms. The van der Waals surface area contributed by atoms with Crippen LogP contribution in [0, 0.1) is 11.6 Å². The van der Waals surface area contributed by atoms with Gasteiger partial charge in [-0.05, 0) is 44.0 Å². The SMILES string of the molecule is O=C(Nc1ncc(Br)nc1Br)c1c(F)cc(Br)cc1F. The number of carbonyl (C=O) groups is 1. The fourth-order valence-electron chi connectivity index (χ4n) is 1.36. The number of carbonyl (C=O) groups excluding carboxylic acids is 1. The number of nitrogens with one attached hydrogen (secondary N) is 1. The fraction of sp³-hybridized carbons (Fsp3) is 0. The summed E-state index contributed by atoms with van der Waals surface area (Å²) in [5.74, 6) is -2.85. The predicted octanol–water partition coefficient (Wildman–Crippen LogP) is 4.29. The van der Waals surface area contributed by atoms with Gasteiger partial charge in [0, 0.05) is 4.47 Å². The molecule has 0 saturated heterocycles. The van der Waals surface area contributed by atoms with E-state index in [4.69, 9.17) is 0 Å². The zero-order valence-corrected chi connectivity index (χ0v) is 14.2. The molecule has 1 amide bonds. The van der Waals surface area contributed by atoms with Gasteiger partial charge in [0.25, 0.3) is 5.91 Å². The highest BCUT2D eigenvalue weighted by molar-refractivity contribution is 9.11. The van der Waals surface area contributed by atoms with Gasteiger partial charge in [0.05, 0.1) is 6.20 Å². The van der Waals surface area contributed by atoms with Crippen LogP contribution in [-0.4, -0.2) is 15.9 Å². The van der Waals surface area contributed by atoms with E-state index < -0.39 is 23.1 Å². The summed E-state index contributed by atoms with van der Waals surface area (Å²) < 4.78 is 28.2. The summed E-state index contributed by atoms with van der Waals surface area (Å²) in [6.45, 7) is 0. The minimum Gasteiger partial charge on any atom is -0.304 e. The number of aromatic nitrogens is 2. The van der Waals surface area contributed by atoms with Crippen LogP contribution in [0.3, 0.4) is 0 Å². The van der Waals surface area contributed by atoms with E-state index in [1.807, 2.05) is 0 Å². The third kappa shape index (κ3) is 3.39. The van der Waals surface area contributed by atoms with Crippen molar-refractivity contribution in [1.29, 1.82) is 0 Å². The van der Waals surface area contributed by atoms with Gasteiger partial charge < -0.3 is 5.32 Å². The second kappa shape index (κ2) is 6.23. The minimum atomic E-state index is -0.976. The number of hydrogen-bond donors (Lipinski definition) is 1. The molecule has 0 aliphatic heterocycles. The van der Waals surface area contributed by atoms with Crippen LogP contribution < -0.4 is 5.32 Å². The zero-order chi connectivity index (χ0) is 14.9. The number of halogens is 5. The van der Waals surface area contributed by atoms with Gasteiger partial charge in [-0.15, -0.1) is 0 Å². The van der Waals surface area contributed by atoms with Gasteiger partial charge in [-0.1, -0.05) is 15.9 Å². The van der Waals surface area contributed by atoms with Crippen molar-refractivity contribution in [2.24, 2.45) is 0 Å². The maximum atomic E-state index is 13.6. The van der Waals surface area contributed by atoms with Crippen LogP contribution in [0.5, 0.6) is 0 Å². The Morgan fingerprint density at radius 3 is 2.30 bits per heavy atom. The summed E-state index contributed by atoms with van der Waals surface area (Å²) in [5.41, 5.74) is -0.690. The molecule has 20 heavy (non-hydrogen) atoms. The van der Waals surface area contributed by atoms with Crippen LogP contribution in [0.4, 0.5) is 14.6 Å². The molecule has 9 heteroatoms. The molecule has 0 aliphatic carbocycles. The summed E-state index contributed by atoms with van der Waals surface area (Å²) >= 11 is 9.12. The van der Waals surface area contributed by atoms with E-state index in [-0.39, 0.29) is 14.9 Å². The lowest BCUT2D eigenvalue weighted by atomic mass is 10.2. The zero-order valence-electron chi connectivity index (χ0n) is 9.42. The summed E-state index contributed by atoms with van der Waals surface area (Å²) in [4.78, 5) is 19.7. The second-order valence-corrected chi connectivity index (χ2v) is 6.01. The maximum Gasteiger partial charge on any atom is 0.262 e. The number of anilines is 1. The molecule has 0 aliphatic rings. The maximum absolute atomic E-state index is 13.6. The molecule has 104 valence electrons. The van der Waals surface area contributed by atoms with Gasteiger partial charge in [0.15, 0.2) is 5.82 Å². The number of amides is 1. The quantitative estimate of drug-likeness (QED) is 0.710. The largest absolute Gasteiger partial charge is 0.304 e. The smallest absolute Gasteiger partial charge is 0.262 e. The molecule has 1 heterocycles. The van der Waals surface area contributed by atoms with E-state index in [1.54, 1.807) is 0 Å². The molecule has 1 aromatic carbocycles. The fourth-order valence-corrected chi connectivity index (χ4v) is 2.67. The Morgan fingerprint density at radius 1 is 1.15 bits per heavy atom. The molecule has 0 radical (unpaired) electrons. The van der Waals surface area contributed by atoms with Crippen LogP contribution in [0.2, 0.25) is 0 Å². The highest BCUT2D eigenvalue weighted by Gasteiger charge is 2.20. The standard InChI is InChI=1S/C11H4Br3F2N3O/c12-4-1-5(15)8(6(16)2-4)11(20)19-10-9(14)18-7(13)3-17-10/h1-3H,(H,17,19,20). The first-order chi connectivity index (χ1) is 9.38. The Balaban J connectivity index is 2.33.